The second kappa shape index (κ2) is 6.72. The predicted octanol–water partition coefficient (Wildman–Crippen LogP) is 2.42. The Morgan fingerprint density at radius 1 is 1.19 bits per heavy atom. The van der Waals surface area contributed by atoms with Gasteiger partial charge in [-0.25, -0.2) is 9.67 Å². The molecule has 0 fully saturated rings. The standard InChI is InChI=1S/C16H24N4O/c1-16(2,3)20-15(17-13-18-20)12-19(10-7-11-21)14-8-5-4-6-9-14/h4-6,8-9,13,21H,7,10-12H2,1-3H3. The summed E-state index contributed by atoms with van der Waals surface area (Å²) in [5, 5.41) is 13.5. The molecule has 0 aliphatic rings. The van der Waals surface area contributed by atoms with Gasteiger partial charge < -0.3 is 10.0 Å². The zero-order valence-electron chi connectivity index (χ0n) is 13.0. The summed E-state index contributed by atoms with van der Waals surface area (Å²) in [5.74, 6) is 0.935. The van der Waals surface area contributed by atoms with E-state index in [-0.39, 0.29) is 12.1 Å². The van der Waals surface area contributed by atoms with E-state index >= 15 is 0 Å². The molecule has 0 unspecified atom stereocenters. The largest absolute Gasteiger partial charge is 0.396 e. The third-order valence-electron chi connectivity index (χ3n) is 3.29. The molecule has 0 saturated heterocycles. The van der Waals surface area contributed by atoms with Crippen molar-refractivity contribution in [3.8, 4) is 0 Å². The first-order valence-electron chi connectivity index (χ1n) is 7.32. The number of aliphatic hydroxyl groups is 1. The summed E-state index contributed by atoms with van der Waals surface area (Å²) in [6, 6.07) is 10.2. The minimum atomic E-state index is -0.0921. The van der Waals surface area contributed by atoms with Gasteiger partial charge in [0.05, 0.1) is 12.1 Å². The van der Waals surface area contributed by atoms with Gasteiger partial charge in [0, 0.05) is 18.8 Å². The molecule has 1 aromatic carbocycles. The van der Waals surface area contributed by atoms with E-state index in [9.17, 15) is 0 Å². The molecule has 0 atom stereocenters. The average molecular weight is 288 g/mol. The molecule has 0 amide bonds. The zero-order valence-corrected chi connectivity index (χ0v) is 13.0. The first-order chi connectivity index (χ1) is 10.0. The van der Waals surface area contributed by atoms with Crippen molar-refractivity contribution in [2.45, 2.75) is 39.3 Å². The highest BCUT2D eigenvalue weighted by atomic mass is 16.3. The van der Waals surface area contributed by atoms with Gasteiger partial charge in [0.2, 0.25) is 0 Å². The molecule has 0 saturated carbocycles. The fourth-order valence-electron chi connectivity index (χ4n) is 2.30. The lowest BCUT2D eigenvalue weighted by Crippen LogP contribution is -2.31. The number of para-hydroxylation sites is 1. The first kappa shape index (κ1) is 15.5. The van der Waals surface area contributed by atoms with Crippen LogP contribution in [0.2, 0.25) is 0 Å². The molecule has 0 spiro atoms. The van der Waals surface area contributed by atoms with Crippen molar-refractivity contribution >= 4 is 5.69 Å². The van der Waals surface area contributed by atoms with Crippen molar-refractivity contribution in [1.82, 2.24) is 14.8 Å². The molecular weight excluding hydrogens is 264 g/mol. The van der Waals surface area contributed by atoms with Crippen LogP contribution in [0.1, 0.15) is 33.0 Å². The molecule has 0 radical (unpaired) electrons. The van der Waals surface area contributed by atoms with Gasteiger partial charge in [0.15, 0.2) is 0 Å². The van der Waals surface area contributed by atoms with Crippen molar-refractivity contribution in [2.24, 2.45) is 0 Å². The van der Waals surface area contributed by atoms with Gasteiger partial charge in [0.25, 0.3) is 0 Å². The number of hydrogen-bond donors (Lipinski definition) is 1. The quantitative estimate of drug-likeness (QED) is 0.887. The van der Waals surface area contributed by atoms with Gasteiger partial charge in [-0.3, -0.25) is 0 Å². The van der Waals surface area contributed by atoms with E-state index in [0.29, 0.717) is 6.54 Å². The highest BCUT2D eigenvalue weighted by molar-refractivity contribution is 5.45. The summed E-state index contributed by atoms with van der Waals surface area (Å²) < 4.78 is 1.96. The van der Waals surface area contributed by atoms with E-state index in [1.54, 1.807) is 6.33 Å². The highest BCUT2D eigenvalue weighted by Crippen LogP contribution is 2.19. The number of hydrogen-bond acceptors (Lipinski definition) is 4. The Hall–Kier alpha value is -1.88. The number of rotatable bonds is 6. The van der Waals surface area contributed by atoms with E-state index in [1.165, 1.54) is 0 Å². The average Bonchev–Trinajstić information content (AvgIpc) is 2.92. The Labute approximate surface area is 126 Å². The Bertz CT molecular complexity index is 545. The van der Waals surface area contributed by atoms with E-state index in [0.717, 1.165) is 24.5 Å². The van der Waals surface area contributed by atoms with Crippen LogP contribution in [0.4, 0.5) is 5.69 Å². The van der Waals surface area contributed by atoms with Crippen LogP contribution in [0.15, 0.2) is 36.7 Å². The Kier molecular flexibility index (Phi) is 4.96. The second-order valence-electron chi connectivity index (χ2n) is 6.09. The fraction of sp³-hybridized carbons (Fsp3) is 0.500. The van der Waals surface area contributed by atoms with Gasteiger partial charge in [-0.1, -0.05) is 18.2 Å². The lowest BCUT2D eigenvalue weighted by Gasteiger charge is -2.27. The molecule has 2 aromatic rings. The van der Waals surface area contributed by atoms with E-state index in [2.05, 4.69) is 47.9 Å². The summed E-state index contributed by atoms with van der Waals surface area (Å²) in [6.07, 6.45) is 2.34. The summed E-state index contributed by atoms with van der Waals surface area (Å²) in [6.45, 7) is 8.01. The van der Waals surface area contributed by atoms with Crippen LogP contribution in [0.25, 0.3) is 0 Å². The fourth-order valence-corrected chi connectivity index (χ4v) is 2.30. The minimum absolute atomic E-state index is 0.0921. The summed E-state index contributed by atoms with van der Waals surface area (Å²) in [5.41, 5.74) is 1.04. The summed E-state index contributed by atoms with van der Waals surface area (Å²) in [7, 11) is 0. The third-order valence-corrected chi connectivity index (χ3v) is 3.29. The molecule has 5 nitrogen and oxygen atoms in total. The summed E-state index contributed by atoms with van der Waals surface area (Å²) >= 11 is 0. The van der Waals surface area contributed by atoms with Crippen molar-refractivity contribution in [3.63, 3.8) is 0 Å². The molecule has 1 heterocycles. The normalized spacial score (nSPS) is 11.6. The maximum Gasteiger partial charge on any atom is 0.146 e. The smallest absolute Gasteiger partial charge is 0.146 e. The van der Waals surface area contributed by atoms with Gasteiger partial charge in [-0.15, -0.1) is 0 Å². The lowest BCUT2D eigenvalue weighted by atomic mass is 10.1. The number of anilines is 1. The predicted molar refractivity (Wildman–Crippen MR) is 84.2 cm³/mol. The van der Waals surface area contributed by atoms with Crippen LogP contribution in [-0.4, -0.2) is 33.0 Å². The SMILES string of the molecule is CC(C)(C)n1ncnc1CN(CCCO)c1ccccc1. The summed E-state index contributed by atoms with van der Waals surface area (Å²) in [4.78, 5) is 6.63. The zero-order chi connectivity index (χ0) is 15.3. The molecule has 0 aliphatic carbocycles. The van der Waals surface area contributed by atoms with Crippen LogP contribution in [0, 0.1) is 0 Å². The molecule has 2 rings (SSSR count). The molecule has 114 valence electrons. The maximum atomic E-state index is 9.11. The Morgan fingerprint density at radius 3 is 2.52 bits per heavy atom. The van der Waals surface area contributed by atoms with Crippen LogP contribution in [0.5, 0.6) is 0 Å². The molecular formula is C16H24N4O. The van der Waals surface area contributed by atoms with Crippen LogP contribution >= 0.6 is 0 Å². The molecule has 1 N–H and O–H groups in total. The molecule has 1 aromatic heterocycles. The molecule has 0 bridgehead atoms. The van der Waals surface area contributed by atoms with E-state index in [1.807, 2.05) is 22.9 Å². The van der Waals surface area contributed by atoms with Crippen molar-refractivity contribution in [3.05, 3.63) is 42.5 Å². The molecule has 5 heteroatoms. The molecule has 0 aliphatic heterocycles. The second-order valence-corrected chi connectivity index (χ2v) is 6.09. The van der Waals surface area contributed by atoms with Crippen LogP contribution < -0.4 is 4.90 Å². The lowest BCUT2D eigenvalue weighted by molar-refractivity contribution is 0.288. The van der Waals surface area contributed by atoms with Crippen molar-refractivity contribution < 1.29 is 5.11 Å². The Balaban J connectivity index is 2.22. The third kappa shape index (κ3) is 4.04. The number of nitrogens with zero attached hydrogens (tertiary/aromatic N) is 4. The maximum absolute atomic E-state index is 9.11. The number of benzene rings is 1. The van der Waals surface area contributed by atoms with Crippen molar-refractivity contribution in [1.29, 1.82) is 0 Å². The van der Waals surface area contributed by atoms with Gasteiger partial charge in [-0.2, -0.15) is 5.10 Å². The highest BCUT2D eigenvalue weighted by Gasteiger charge is 2.20. The van der Waals surface area contributed by atoms with E-state index < -0.39 is 0 Å². The Morgan fingerprint density at radius 2 is 1.90 bits per heavy atom. The number of aliphatic hydroxyl groups excluding tert-OH is 1. The topological polar surface area (TPSA) is 54.2 Å². The number of aromatic nitrogens is 3. The minimum Gasteiger partial charge on any atom is -0.396 e. The monoisotopic (exact) mass is 288 g/mol. The van der Waals surface area contributed by atoms with E-state index in [4.69, 9.17) is 5.11 Å². The van der Waals surface area contributed by atoms with Gasteiger partial charge in [-0.05, 0) is 39.3 Å². The first-order valence-corrected chi connectivity index (χ1v) is 7.32. The molecule has 21 heavy (non-hydrogen) atoms. The van der Waals surface area contributed by atoms with Gasteiger partial charge >= 0.3 is 0 Å². The van der Waals surface area contributed by atoms with Crippen LogP contribution in [-0.2, 0) is 12.1 Å². The van der Waals surface area contributed by atoms with Crippen molar-refractivity contribution in [2.75, 3.05) is 18.1 Å². The van der Waals surface area contributed by atoms with Crippen LogP contribution in [0.3, 0.4) is 0 Å². The van der Waals surface area contributed by atoms with Gasteiger partial charge in [0.1, 0.15) is 12.2 Å².